The Labute approximate surface area is 190 Å². The minimum absolute atomic E-state index is 0.483. The molecule has 4 rings (SSSR count). The summed E-state index contributed by atoms with van der Waals surface area (Å²) in [7, 11) is 2.14. The standard InChI is InChI=1S/C24H35N5O3/c1-17(2)16-30-21-8-6-20(7-9-21)14-29(15-22-18(3)31-19(4)25-22)23-26-24(32-27-23)10-12-28(5)13-11-24/h6-9,17H,10-16H2,1-5H3,(H,26,27). The van der Waals surface area contributed by atoms with Crippen molar-refractivity contribution in [2.45, 2.75) is 59.4 Å². The van der Waals surface area contributed by atoms with Gasteiger partial charge >= 0.3 is 0 Å². The van der Waals surface area contributed by atoms with Crippen LogP contribution in [0.25, 0.3) is 0 Å². The molecule has 1 fully saturated rings. The van der Waals surface area contributed by atoms with Gasteiger partial charge in [0.2, 0.25) is 5.96 Å². The van der Waals surface area contributed by atoms with E-state index in [4.69, 9.17) is 19.0 Å². The molecular weight excluding hydrogens is 406 g/mol. The first-order chi connectivity index (χ1) is 15.3. The molecule has 0 radical (unpaired) electrons. The highest BCUT2D eigenvalue weighted by molar-refractivity contribution is 5.80. The molecule has 1 saturated heterocycles. The summed E-state index contributed by atoms with van der Waals surface area (Å²) in [5.41, 5.74) is 4.71. The SMILES string of the molecule is Cc1nc(CN(Cc2ccc(OCC(C)C)cc2)C2=NC3(CCN(C)CC3)ON2)c(C)o1. The van der Waals surface area contributed by atoms with Gasteiger partial charge in [-0.1, -0.05) is 26.0 Å². The molecule has 8 heteroatoms. The summed E-state index contributed by atoms with van der Waals surface area (Å²) in [6.07, 6.45) is 1.75. The summed E-state index contributed by atoms with van der Waals surface area (Å²) in [4.78, 5) is 20.1. The maximum atomic E-state index is 6.02. The lowest BCUT2D eigenvalue weighted by molar-refractivity contribution is -0.0875. The third-order valence-electron chi connectivity index (χ3n) is 5.93. The number of rotatable bonds is 7. The average Bonchev–Trinajstić information content (AvgIpc) is 3.32. The van der Waals surface area contributed by atoms with Crippen molar-refractivity contribution in [1.82, 2.24) is 20.3 Å². The van der Waals surface area contributed by atoms with Gasteiger partial charge in [-0.25, -0.2) is 20.3 Å². The zero-order valence-corrected chi connectivity index (χ0v) is 19.9. The van der Waals surface area contributed by atoms with Crippen molar-refractivity contribution >= 4 is 5.96 Å². The maximum Gasteiger partial charge on any atom is 0.222 e. The number of ether oxygens (including phenoxy) is 1. The van der Waals surface area contributed by atoms with Crippen molar-refractivity contribution in [1.29, 1.82) is 0 Å². The highest BCUT2D eigenvalue weighted by atomic mass is 16.7. The predicted octanol–water partition coefficient (Wildman–Crippen LogP) is 3.64. The Morgan fingerprint density at radius 3 is 2.50 bits per heavy atom. The lowest BCUT2D eigenvalue weighted by Crippen LogP contribution is -2.43. The van der Waals surface area contributed by atoms with E-state index in [1.54, 1.807) is 0 Å². The maximum absolute atomic E-state index is 6.02. The molecule has 1 aromatic carbocycles. The van der Waals surface area contributed by atoms with Crippen LogP contribution in [0.4, 0.5) is 0 Å². The number of piperidine rings is 1. The first kappa shape index (κ1) is 22.6. The lowest BCUT2D eigenvalue weighted by atomic mass is 10.0. The minimum Gasteiger partial charge on any atom is -0.493 e. The molecule has 0 aliphatic carbocycles. The summed E-state index contributed by atoms with van der Waals surface area (Å²) < 4.78 is 11.5. The van der Waals surface area contributed by atoms with E-state index in [2.05, 4.69) is 53.3 Å². The van der Waals surface area contributed by atoms with Gasteiger partial charge in [-0.2, -0.15) is 0 Å². The average molecular weight is 442 g/mol. The Morgan fingerprint density at radius 2 is 1.88 bits per heavy atom. The lowest BCUT2D eigenvalue weighted by Gasteiger charge is -2.33. The molecular formula is C24H35N5O3. The Morgan fingerprint density at radius 1 is 1.16 bits per heavy atom. The number of aromatic nitrogens is 1. The van der Waals surface area contributed by atoms with Gasteiger partial charge in [-0.05, 0) is 37.6 Å². The third kappa shape index (κ3) is 5.42. The minimum atomic E-state index is -0.483. The largest absolute Gasteiger partial charge is 0.493 e. The van der Waals surface area contributed by atoms with E-state index in [9.17, 15) is 0 Å². The number of nitrogens with one attached hydrogen (secondary N) is 1. The molecule has 2 aromatic rings. The molecule has 0 unspecified atom stereocenters. The number of guanidine groups is 1. The predicted molar refractivity (Wildman–Crippen MR) is 123 cm³/mol. The number of hydroxylamine groups is 1. The number of likely N-dealkylation sites (tertiary alicyclic amines) is 1. The molecule has 1 spiro atoms. The van der Waals surface area contributed by atoms with E-state index in [1.807, 2.05) is 26.0 Å². The van der Waals surface area contributed by atoms with Crippen LogP contribution in [0.3, 0.4) is 0 Å². The van der Waals surface area contributed by atoms with Crippen molar-refractivity contribution in [2.75, 3.05) is 26.7 Å². The second-order valence-electron chi connectivity index (χ2n) is 9.33. The van der Waals surface area contributed by atoms with Crippen LogP contribution in [0.15, 0.2) is 33.7 Å². The molecule has 0 saturated carbocycles. The molecule has 2 aliphatic heterocycles. The number of nitrogens with zero attached hydrogens (tertiary/aromatic N) is 4. The van der Waals surface area contributed by atoms with Crippen LogP contribution < -0.4 is 10.2 Å². The smallest absolute Gasteiger partial charge is 0.222 e. The van der Waals surface area contributed by atoms with Crippen LogP contribution in [-0.4, -0.2) is 53.2 Å². The number of hydrogen-bond donors (Lipinski definition) is 1. The number of oxazole rings is 1. The van der Waals surface area contributed by atoms with Crippen LogP contribution >= 0.6 is 0 Å². The molecule has 0 amide bonds. The molecule has 0 atom stereocenters. The van der Waals surface area contributed by atoms with Crippen LogP contribution in [-0.2, 0) is 17.9 Å². The van der Waals surface area contributed by atoms with Crippen LogP contribution in [0.1, 0.15) is 49.6 Å². The molecule has 32 heavy (non-hydrogen) atoms. The van der Waals surface area contributed by atoms with E-state index >= 15 is 0 Å². The third-order valence-corrected chi connectivity index (χ3v) is 5.93. The first-order valence-electron chi connectivity index (χ1n) is 11.4. The molecule has 8 nitrogen and oxygen atoms in total. The van der Waals surface area contributed by atoms with Crippen LogP contribution in [0.5, 0.6) is 5.75 Å². The van der Waals surface area contributed by atoms with Gasteiger partial charge in [-0.3, -0.25) is 0 Å². The second kappa shape index (κ2) is 9.50. The van der Waals surface area contributed by atoms with Crippen molar-refractivity contribution in [3.05, 3.63) is 47.2 Å². The van der Waals surface area contributed by atoms with Gasteiger partial charge in [0, 0.05) is 39.4 Å². The topological polar surface area (TPSA) is 75.4 Å². The number of hydrogen-bond acceptors (Lipinski definition) is 8. The number of benzene rings is 1. The van der Waals surface area contributed by atoms with E-state index in [1.165, 1.54) is 0 Å². The molecule has 174 valence electrons. The van der Waals surface area contributed by atoms with Gasteiger partial charge in [0.15, 0.2) is 11.6 Å². The fourth-order valence-corrected chi connectivity index (χ4v) is 3.98. The summed E-state index contributed by atoms with van der Waals surface area (Å²) in [5.74, 6) is 3.64. The summed E-state index contributed by atoms with van der Waals surface area (Å²) >= 11 is 0. The monoisotopic (exact) mass is 441 g/mol. The van der Waals surface area contributed by atoms with Gasteiger partial charge in [0.05, 0.1) is 13.2 Å². The van der Waals surface area contributed by atoms with Crippen molar-refractivity contribution in [3.8, 4) is 5.75 Å². The van der Waals surface area contributed by atoms with E-state index in [-0.39, 0.29) is 0 Å². The van der Waals surface area contributed by atoms with E-state index in [0.717, 1.165) is 54.7 Å². The second-order valence-corrected chi connectivity index (χ2v) is 9.33. The highest BCUT2D eigenvalue weighted by Gasteiger charge is 2.40. The molecule has 1 aromatic heterocycles. The van der Waals surface area contributed by atoms with Crippen molar-refractivity contribution in [2.24, 2.45) is 10.9 Å². The van der Waals surface area contributed by atoms with Crippen LogP contribution in [0.2, 0.25) is 0 Å². The number of aryl methyl sites for hydroxylation is 2. The first-order valence-corrected chi connectivity index (χ1v) is 11.4. The fraction of sp³-hybridized carbons (Fsp3) is 0.583. The van der Waals surface area contributed by atoms with E-state index < -0.39 is 5.72 Å². The van der Waals surface area contributed by atoms with Crippen LogP contribution in [0, 0.1) is 19.8 Å². The van der Waals surface area contributed by atoms with Gasteiger partial charge in [0.25, 0.3) is 0 Å². The zero-order valence-electron chi connectivity index (χ0n) is 19.9. The Hall–Kier alpha value is -2.58. The molecule has 0 bridgehead atoms. The van der Waals surface area contributed by atoms with Crippen molar-refractivity contribution in [3.63, 3.8) is 0 Å². The van der Waals surface area contributed by atoms with Gasteiger partial charge in [0.1, 0.15) is 17.2 Å². The quantitative estimate of drug-likeness (QED) is 0.703. The molecule has 3 heterocycles. The summed E-state index contributed by atoms with van der Waals surface area (Å²) in [6, 6.07) is 8.26. The van der Waals surface area contributed by atoms with Gasteiger partial charge < -0.3 is 19.0 Å². The molecule has 2 aliphatic rings. The van der Waals surface area contributed by atoms with E-state index in [0.29, 0.717) is 31.5 Å². The Balaban J connectivity index is 1.52. The highest BCUT2D eigenvalue weighted by Crippen LogP contribution is 2.30. The normalized spacial score (nSPS) is 18.1. The van der Waals surface area contributed by atoms with Gasteiger partial charge in [-0.15, -0.1) is 0 Å². The number of aliphatic imine (C=N–C) groups is 1. The Kier molecular flexibility index (Phi) is 6.71. The summed E-state index contributed by atoms with van der Waals surface area (Å²) in [5, 5.41) is 0. The fourth-order valence-electron chi connectivity index (χ4n) is 3.98. The summed E-state index contributed by atoms with van der Waals surface area (Å²) in [6.45, 7) is 12.0. The molecule has 1 N–H and O–H groups in total. The van der Waals surface area contributed by atoms with Crippen molar-refractivity contribution < 1.29 is 14.0 Å². The zero-order chi connectivity index (χ0) is 22.7. The Bertz CT molecular complexity index is 930.